The van der Waals surface area contributed by atoms with Gasteiger partial charge in [-0.15, -0.1) is 0 Å². The van der Waals surface area contributed by atoms with Gasteiger partial charge in [0.25, 0.3) is 0 Å². The Morgan fingerprint density at radius 2 is 2.11 bits per heavy atom. The number of ether oxygens (including phenoxy) is 1. The summed E-state index contributed by atoms with van der Waals surface area (Å²) in [6.07, 6.45) is 9.06. The summed E-state index contributed by atoms with van der Waals surface area (Å²) in [6, 6.07) is 8.79. The number of imidazole rings is 1. The number of nitrogens with one attached hydrogen (secondary N) is 2. The van der Waals surface area contributed by atoms with Crippen LogP contribution in [0.1, 0.15) is 37.2 Å². The van der Waals surface area contributed by atoms with Crippen molar-refractivity contribution in [2.24, 2.45) is 5.41 Å². The molecule has 2 saturated carbocycles. The average molecular weight is 375 g/mol. The molecule has 3 aromatic heterocycles. The second-order valence-electron chi connectivity index (χ2n) is 8.70. The maximum atomic E-state index is 5.60. The third-order valence-electron chi connectivity index (χ3n) is 6.60. The minimum atomic E-state index is 0.540. The summed E-state index contributed by atoms with van der Waals surface area (Å²) in [5.74, 6) is 2.51. The first kappa shape index (κ1) is 16.4. The molecule has 4 heterocycles. The van der Waals surface area contributed by atoms with Gasteiger partial charge in [-0.2, -0.15) is 0 Å². The van der Waals surface area contributed by atoms with E-state index in [2.05, 4.69) is 44.4 Å². The van der Waals surface area contributed by atoms with Crippen molar-refractivity contribution in [1.82, 2.24) is 19.7 Å². The number of methoxy groups -OCH3 is 1. The Kier molecular flexibility index (Phi) is 3.48. The fourth-order valence-corrected chi connectivity index (χ4v) is 4.81. The highest BCUT2D eigenvalue weighted by atomic mass is 16.5. The fraction of sp³-hybridized carbons (Fsp3) is 0.455. The van der Waals surface area contributed by atoms with Crippen molar-refractivity contribution >= 4 is 11.5 Å². The van der Waals surface area contributed by atoms with E-state index in [1.54, 1.807) is 7.11 Å². The Hall–Kier alpha value is -2.60. The molecular weight excluding hydrogens is 350 g/mol. The number of fused-ring (bicyclic) bond motifs is 1. The largest absolute Gasteiger partial charge is 0.496 e. The second-order valence-corrected chi connectivity index (χ2v) is 8.70. The van der Waals surface area contributed by atoms with E-state index in [-0.39, 0.29) is 0 Å². The number of rotatable bonds is 5. The zero-order chi connectivity index (χ0) is 18.7. The molecule has 6 rings (SSSR count). The standard InChI is InChI=1S/C22H25N5O/c1-28-19-7-21-24-10-18(27(21)11-16(19)14-5-6-14)17-3-2-4-20(26-17)25-15-8-22(9-15)12-23-13-22/h2-4,7,10-11,14-15,23H,5-6,8-9,12-13H2,1H3,(H,25,26). The van der Waals surface area contributed by atoms with Gasteiger partial charge in [0, 0.05) is 37.0 Å². The van der Waals surface area contributed by atoms with Crippen LogP contribution in [0, 0.1) is 5.41 Å². The molecule has 6 heteroatoms. The minimum Gasteiger partial charge on any atom is -0.496 e. The lowest BCUT2D eigenvalue weighted by molar-refractivity contribution is 0.0469. The monoisotopic (exact) mass is 375 g/mol. The molecule has 2 N–H and O–H groups in total. The van der Waals surface area contributed by atoms with Gasteiger partial charge >= 0.3 is 0 Å². The van der Waals surface area contributed by atoms with E-state index in [0.717, 1.165) is 28.6 Å². The van der Waals surface area contributed by atoms with E-state index >= 15 is 0 Å². The van der Waals surface area contributed by atoms with Gasteiger partial charge in [0.15, 0.2) is 0 Å². The smallest absolute Gasteiger partial charge is 0.140 e. The Bertz CT molecular complexity index is 1040. The first-order chi connectivity index (χ1) is 13.7. The predicted octanol–water partition coefficient (Wildman–Crippen LogP) is 3.45. The van der Waals surface area contributed by atoms with Crippen molar-refractivity contribution in [3.8, 4) is 17.1 Å². The van der Waals surface area contributed by atoms with Crippen LogP contribution in [-0.2, 0) is 0 Å². The van der Waals surface area contributed by atoms with Crippen molar-refractivity contribution in [2.75, 3.05) is 25.5 Å². The van der Waals surface area contributed by atoms with Crippen LogP contribution in [0.2, 0.25) is 0 Å². The first-order valence-corrected chi connectivity index (χ1v) is 10.2. The maximum absolute atomic E-state index is 5.60. The van der Waals surface area contributed by atoms with Gasteiger partial charge in [0.2, 0.25) is 0 Å². The molecule has 0 aromatic carbocycles. The van der Waals surface area contributed by atoms with Gasteiger partial charge in [0.05, 0.1) is 24.7 Å². The molecule has 0 radical (unpaired) electrons. The van der Waals surface area contributed by atoms with Crippen molar-refractivity contribution < 1.29 is 4.74 Å². The van der Waals surface area contributed by atoms with Crippen LogP contribution in [0.15, 0.2) is 36.7 Å². The maximum Gasteiger partial charge on any atom is 0.140 e. The molecule has 1 saturated heterocycles. The van der Waals surface area contributed by atoms with Gasteiger partial charge in [-0.3, -0.25) is 4.40 Å². The highest BCUT2D eigenvalue weighted by molar-refractivity contribution is 5.64. The molecule has 144 valence electrons. The molecular formula is C22H25N5O. The molecule has 28 heavy (non-hydrogen) atoms. The van der Waals surface area contributed by atoms with Crippen LogP contribution in [-0.4, -0.2) is 40.6 Å². The SMILES string of the molecule is COc1cc2ncc(-c3cccc(NC4CC5(CNC5)C4)n3)n2cc1C1CC1. The number of hydrogen-bond donors (Lipinski definition) is 2. The molecule has 2 aliphatic carbocycles. The zero-order valence-corrected chi connectivity index (χ0v) is 16.1. The number of hydrogen-bond acceptors (Lipinski definition) is 5. The molecule has 1 aliphatic heterocycles. The summed E-state index contributed by atoms with van der Waals surface area (Å²) >= 11 is 0. The fourth-order valence-electron chi connectivity index (χ4n) is 4.81. The van der Waals surface area contributed by atoms with Crippen LogP contribution in [0.4, 0.5) is 5.82 Å². The third kappa shape index (κ3) is 2.58. The van der Waals surface area contributed by atoms with Crippen LogP contribution in [0.3, 0.4) is 0 Å². The Morgan fingerprint density at radius 3 is 2.82 bits per heavy atom. The summed E-state index contributed by atoms with van der Waals surface area (Å²) in [5, 5.41) is 7.02. The van der Waals surface area contributed by atoms with Gasteiger partial charge in [-0.1, -0.05) is 6.07 Å². The van der Waals surface area contributed by atoms with Crippen LogP contribution < -0.4 is 15.4 Å². The van der Waals surface area contributed by atoms with Gasteiger partial charge in [0.1, 0.15) is 17.2 Å². The summed E-state index contributed by atoms with van der Waals surface area (Å²) < 4.78 is 7.75. The molecule has 3 aliphatic rings. The van der Waals surface area contributed by atoms with E-state index in [4.69, 9.17) is 9.72 Å². The highest BCUT2D eigenvalue weighted by Gasteiger charge is 2.48. The third-order valence-corrected chi connectivity index (χ3v) is 6.60. The molecule has 3 aromatic rings. The van der Waals surface area contributed by atoms with Crippen molar-refractivity contribution in [2.45, 2.75) is 37.6 Å². The van der Waals surface area contributed by atoms with Gasteiger partial charge in [-0.25, -0.2) is 9.97 Å². The molecule has 3 fully saturated rings. The van der Waals surface area contributed by atoms with Crippen LogP contribution >= 0.6 is 0 Å². The number of aromatic nitrogens is 3. The first-order valence-electron chi connectivity index (χ1n) is 10.2. The van der Waals surface area contributed by atoms with Crippen LogP contribution in [0.25, 0.3) is 17.0 Å². The van der Waals surface area contributed by atoms with E-state index in [0.29, 0.717) is 17.4 Å². The Labute approximate surface area is 164 Å². The highest BCUT2D eigenvalue weighted by Crippen LogP contribution is 2.46. The summed E-state index contributed by atoms with van der Waals surface area (Å²) in [4.78, 5) is 9.49. The van der Waals surface area contributed by atoms with Crippen molar-refractivity contribution in [1.29, 1.82) is 0 Å². The van der Waals surface area contributed by atoms with Crippen molar-refractivity contribution in [3.05, 3.63) is 42.2 Å². The van der Waals surface area contributed by atoms with E-state index in [1.807, 2.05) is 12.3 Å². The molecule has 0 atom stereocenters. The topological polar surface area (TPSA) is 63.5 Å². The Morgan fingerprint density at radius 1 is 1.25 bits per heavy atom. The lowest BCUT2D eigenvalue weighted by Gasteiger charge is -2.54. The summed E-state index contributed by atoms with van der Waals surface area (Å²) in [5.41, 5.74) is 4.71. The van der Waals surface area contributed by atoms with Gasteiger partial charge in [-0.05, 0) is 49.1 Å². The van der Waals surface area contributed by atoms with Gasteiger partial charge < -0.3 is 15.4 Å². The predicted molar refractivity (Wildman–Crippen MR) is 109 cm³/mol. The minimum absolute atomic E-state index is 0.540. The van der Waals surface area contributed by atoms with E-state index in [9.17, 15) is 0 Å². The second kappa shape index (κ2) is 5.95. The number of pyridine rings is 2. The normalized spacial score (nSPS) is 20.8. The summed E-state index contributed by atoms with van der Waals surface area (Å²) in [6.45, 7) is 2.35. The number of nitrogens with zero attached hydrogens (tertiary/aromatic N) is 3. The number of anilines is 1. The Balaban J connectivity index is 1.30. The molecule has 1 spiro atoms. The lowest BCUT2D eigenvalue weighted by Crippen LogP contribution is -2.63. The van der Waals surface area contributed by atoms with E-state index < -0.39 is 0 Å². The summed E-state index contributed by atoms with van der Waals surface area (Å²) in [7, 11) is 1.74. The molecule has 0 bridgehead atoms. The average Bonchev–Trinajstić information content (AvgIpc) is 3.41. The molecule has 6 nitrogen and oxygen atoms in total. The molecule has 0 unspecified atom stereocenters. The van der Waals surface area contributed by atoms with Crippen molar-refractivity contribution in [3.63, 3.8) is 0 Å². The zero-order valence-electron chi connectivity index (χ0n) is 16.1. The quantitative estimate of drug-likeness (QED) is 0.715. The lowest BCUT2D eigenvalue weighted by atomic mass is 9.62. The molecule has 0 amide bonds. The van der Waals surface area contributed by atoms with Crippen LogP contribution in [0.5, 0.6) is 5.75 Å². The van der Waals surface area contributed by atoms with E-state index in [1.165, 1.54) is 44.3 Å².